The van der Waals surface area contributed by atoms with Crippen LogP contribution in [0.3, 0.4) is 0 Å². The van der Waals surface area contributed by atoms with Crippen molar-refractivity contribution in [3.8, 4) is 0 Å². The van der Waals surface area contributed by atoms with E-state index in [1.54, 1.807) is 12.1 Å². The fourth-order valence-electron chi connectivity index (χ4n) is 4.97. The molecule has 1 aromatic carbocycles. The number of carboxylic acids is 1. The molecule has 3 N–H and O–H groups in total. The van der Waals surface area contributed by atoms with Crippen molar-refractivity contribution in [1.82, 2.24) is 0 Å². The second-order valence-corrected chi connectivity index (χ2v) is 13.8. The van der Waals surface area contributed by atoms with Crippen molar-refractivity contribution >= 4 is 5.97 Å². The van der Waals surface area contributed by atoms with Gasteiger partial charge in [-0.25, -0.2) is 4.79 Å². The van der Waals surface area contributed by atoms with E-state index in [1.165, 1.54) is 96.3 Å². The van der Waals surface area contributed by atoms with E-state index in [0.717, 1.165) is 12.0 Å². The Labute approximate surface area is 242 Å². The SMILES string of the molecule is CC(C)(C)CC(O)(C(=O)O)c1cccc(C(C)(C)C)c1.CCCCCCCCCCCCCCCCCCO. The molecule has 1 atom stereocenters. The van der Waals surface area contributed by atoms with E-state index in [4.69, 9.17) is 5.11 Å². The standard InChI is InChI=1S/C18H38O.C17H26O3/c1-2-3-4-5-6-7-8-9-10-11-12-13-14-15-16-17-18-19;1-15(2,3)11-17(20,14(18)19)13-9-7-8-12(10-13)16(4,5)6/h19H,2-18H2,1H3;7-10,20H,11H2,1-6H3,(H,18,19). The summed E-state index contributed by atoms with van der Waals surface area (Å²) in [6, 6.07) is 7.27. The molecule has 0 aliphatic heterocycles. The molecular formula is C35H64O4. The zero-order valence-electron chi connectivity index (χ0n) is 26.8. The fraction of sp³-hybridized carbons (Fsp3) is 0.800. The number of carboxylic acid groups (broad SMARTS) is 1. The summed E-state index contributed by atoms with van der Waals surface area (Å²) in [4.78, 5) is 11.6. The van der Waals surface area contributed by atoms with E-state index in [2.05, 4.69) is 27.7 Å². The molecule has 0 heterocycles. The Kier molecular flexibility index (Phi) is 19.8. The molecule has 0 spiro atoms. The van der Waals surface area contributed by atoms with Crippen LogP contribution >= 0.6 is 0 Å². The molecule has 0 aromatic heterocycles. The summed E-state index contributed by atoms with van der Waals surface area (Å²) in [5.74, 6) is -1.20. The average molecular weight is 549 g/mol. The highest BCUT2D eigenvalue weighted by atomic mass is 16.4. The van der Waals surface area contributed by atoms with Crippen LogP contribution in [-0.4, -0.2) is 27.9 Å². The van der Waals surface area contributed by atoms with E-state index in [-0.39, 0.29) is 17.3 Å². The van der Waals surface area contributed by atoms with E-state index in [1.807, 2.05) is 32.9 Å². The van der Waals surface area contributed by atoms with Crippen molar-refractivity contribution in [3.63, 3.8) is 0 Å². The smallest absolute Gasteiger partial charge is 0.340 e. The Morgan fingerprint density at radius 2 is 1.05 bits per heavy atom. The number of aliphatic hydroxyl groups excluding tert-OH is 1. The van der Waals surface area contributed by atoms with Crippen LogP contribution in [0.25, 0.3) is 0 Å². The fourth-order valence-corrected chi connectivity index (χ4v) is 4.97. The number of rotatable bonds is 19. The van der Waals surface area contributed by atoms with Crippen LogP contribution in [0, 0.1) is 5.41 Å². The Morgan fingerprint density at radius 1 is 0.667 bits per heavy atom. The van der Waals surface area contributed by atoms with Gasteiger partial charge < -0.3 is 15.3 Å². The third kappa shape index (κ3) is 18.6. The van der Waals surface area contributed by atoms with Crippen molar-refractivity contribution in [2.45, 2.75) is 169 Å². The van der Waals surface area contributed by atoms with Crippen LogP contribution in [0.2, 0.25) is 0 Å². The molecule has 39 heavy (non-hydrogen) atoms. The lowest BCUT2D eigenvalue weighted by molar-refractivity contribution is -0.163. The van der Waals surface area contributed by atoms with Crippen molar-refractivity contribution in [2.75, 3.05) is 6.61 Å². The molecule has 0 fully saturated rings. The molecule has 0 amide bonds. The van der Waals surface area contributed by atoms with Gasteiger partial charge in [-0.05, 0) is 34.8 Å². The average Bonchev–Trinajstić information content (AvgIpc) is 2.85. The molecular weight excluding hydrogens is 484 g/mol. The molecule has 228 valence electrons. The number of aliphatic hydroxyl groups is 2. The predicted molar refractivity (Wildman–Crippen MR) is 167 cm³/mol. The van der Waals surface area contributed by atoms with Crippen molar-refractivity contribution in [2.24, 2.45) is 5.41 Å². The third-order valence-electron chi connectivity index (χ3n) is 7.36. The van der Waals surface area contributed by atoms with Crippen LogP contribution in [0.4, 0.5) is 0 Å². The van der Waals surface area contributed by atoms with Crippen LogP contribution < -0.4 is 0 Å². The van der Waals surface area contributed by atoms with E-state index in [9.17, 15) is 15.0 Å². The maximum atomic E-state index is 11.6. The predicted octanol–water partition coefficient (Wildman–Crippen LogP) is 9.93. The Balaban J connectivity index is 0.000000742. The van der Waals surface area contributed by atoms with Gasteiger partial charge in [0.15, 0.2) is 5.60 Å². The first-order chi connectivity index (χ1) is 18.3. The lowest BCUT2D eigenvalue weighted by Crippen LogP contribution is -2.39. The molecule has 0 radical (unpaired) electrons. The highest BCUT2D eigenvalue weighted by Crippen LogP contribution is 2.36. The van der Waals surface area contributed by atoms with Crippen molar-refractivity contribution < 1.29 is 20.1 Å². The van der Waals surface area contributed by atoms with Gasteiger partial charge in [0.25, 0.3) is 0 Å². The molecule has 0 saturated carbocycles. The maximum Gasteiger partial charge on any atom is 0.340 e. The van der Waals surface area contributed by atoms with Crippen LogP contribution in [0.15, 0.2) is 24.3 Å². The number of unbranched alkanes of at least 4 members (excludes halogenated alkanes) is 15. The third-order valence-corrected chi connectivity index (χ3v) is 7.36. The summed E-state index contributed by atoms with van der Waals surface area (Å²) < 4.78 is 0. The van der Waals surface area contributed by atoms with Gasteiger partial charge in [0.1, 0.15) is 0 Å². The maximum absolute atomic E-state index is 11.6. The van der Waals surface area contributed by atoms with Gasteiger partial charge in [0.05, 0.1) is 0 Å². The van der Waals surface area contributed by atoms with Gasteiger partial charge in [-0.2, -0.15) is 0 Å². The zero-order valence-corrected chi connectivity index (χ0v) is 26.8. The van der Waals surface area contributed by atoms with E-state index >= 15 is 0 Å². The quantitative estimate of drug-likeness (QED) is 0.150. The highest BCUT2D eigenvalue weighted by Gasteiger charge is 2.41. The van der Waals surface area contributed by atoms with Crippen LogP contribution in [0.1, 0.15) is 169 Å². The van der Waals surface area contributed by atoms with E-state index in [0.29, 0.717) is 12.2 Å². The molecule has 4 heteroatoms. The summed E-state index contributed by atoms with van der Waals surface area (Å²) in [5, 5.41) is 28.8. The van der Waals surface area contributed by atoms with Crippen molar-refractivity contribution in [3.05, 3.63) is 35.4 Å². The van der Waals surface area contributed by atoms with Gasteiger partial charge in [-0.1, -0.05) is 169 Å². The summed E-state index contributed by atoms with van der Waals surface area (Å²) in [6.07, 6.45) is 22.3. The normalized spacial score (nSPS) is 13.5. The molecule has 1 rings (SSSR count). The summed E-state index contributed by atoms with van der Waals surface area (Å²) in [7, 11) is 0. The molecule has 0 bridgehead atoms. The Morgan fingerprint density at radius 3 is 1.38 bits per heavy atom. The highest BCUT2D eigenvalue weighted by molar-refractivity contribution is 5.79. The number of benzene rings is 1. The number of carbonyl (C=O) groups is 1. The number of hydrogen-bond donors (Lipinski definition) is 3. The second kappa shape index (κ2) is 20.5. The Bertz CT molecular complexity index is 728. The molecule has 0 saturated heterocycles. The number of aliphatic carboxylic acids is 1. The minimum atomic E-state index is -1.85. The molecule has 0 aliphatic carbocycles. The lowest BCUT2D eigenvalue weighted by Gasteiger charge is -2.32. The minimum absolute atomic E-state index is 0.0862. The van der Waals surface area contributed by atoms with Gasteiger partial charge in [-0.3, -0.25) is 0 Å². The molecule has 1 unspecified atom stereocenters. The summed E-state index contributed by atoms with van der Waals surface area (Å²) in [6.45, 7) is 14.6. The van der Waals surface area contributed by atoms with Crippen molar-refractivity contribution in [1.29, 1.82) is 0 Å². The van der Waals surface area contributed by atoms with Gasteiger partial charge >= 0.3 is 5.97 Å². The first kappa shape index (κ1) is 37.6. The molecule has 1 aromatic rings. The van der Waals surface area contributed by atoms with Crippen LogP contribution in [0.5, 0.6) is 0 Å². The second-order valence-electron chi connectivity index (χ2n) is 13.8. The van der Waals surface area contributed by atoms with E-state index < -0.39 is 11.6 Å². The Hall–Kier alpha value is -1.39. The monoisotopic (exact) mass is 548 g/mol. The zero-order chi connectivity index (χ0) is 29.8. The summed E-state index contributed by atoms with van der Waals surface area (Å²) in [5.41, 5.74) is -0.752. The van der Waals surface area contributed by atoms with Gasteiger partial charge in [-0.15, -0.1) is 0 Å². The van der Waals surface area contributed by atoms with Gasteiger partial charge in [0.2, 0.25) is 0 Å². The first-order valence-corrected chi connectivity index (χ1v) is 16.0. The molecule has 0 aliphatic rings. The minimum Gasteiger partial charge on any atom is -0.479 e. The topological polar surface area (TPSA) is 77.8 Å². The first-order valence-electron chi connectivity index (χ1n) is 16.0. The largest absolute Gasteiger partial charge is 0.479 e. The number of hydrogen-bond acceptors (Lipinski definition) is 3. The molecule has 4 nitrogen and oxygen atoms in total. The lowest BCUT2D eigenvalue weighted by atomic mass is 9.76. The summed E-state index contributed by atoms with van der Waals surface area (Å²) >= 11 is 0. The van der Waals surface area contributed by atoms with Gasteiger partial charge in [0, 0.05) is 6.61 Å². The van der Waals surface area contributed by atoms with Crippen LogP contribution in [-0.2, 0) is 15.8 Å².